The molecular weight excluding hydrogens is 687 g/mol. The first-order chi connectivity index (χ1) is 27.2. The summed E-state index contributed by atoms with van der Waals surface area (Å²) in [5.74, 6) is 1.90. The summed E-state index contributed by atoms with van der Waals surface area (Å²) in [5, 5.41) is 2.60. The summed E-state index contributed by atoms with van der Waals surface area (Å²) in [6.07, 6.45) is 0. The van der Waals surface area contributed by atoms with Gasteiger partial charge in [0.2, 0.25) is 0 Å². The normalized spacial score (nSPS) is 11.3. The van der Waals surface area contributed by atoms with Crippen LogP contribution in [0.1, 0.15) is 0 Å². The summed E-state index contributed by atoms with van der Waals surface area (Å²) in [4.78, 5) is 15.4. The zero-order chi connectivity index (χ0) is 36.6. The van der Waals surface area contributed by atoms with Gasteiger partial charge in [0.1, 0.15) is 0 Å². The quantitative estimate of drug-likeness (QED) is 0.165. The van der Waals surface area contributed by atoms with Gasteiger partial charge in [0.05, 0.1) is 0 Å². The van der Waals surface area contributed by atoms with E-state index in [4.69, 9.17) is 15.0 Å². The average Bonchev–Trinajstić information content (AvgIpc) is 3.65. The van der Waals surface area contributed by atoms with E-state index in [-0.39, 0.29) is 0 Å². The number of rotatable bonds is 7. The molecule has 10 rings (SSSR count). The molecule has 8 aromatic carbocycles. The number of hydrogen-bond acceptors (Lipinski definition) is 4. The molecule has 0 spiro atoms. The van der Waals surface area contributed by atoms with Gasteiger partial charge in [-0.2, -0.15) is 0 Å². The molecular formula is C51H33N3S. The Morgan fingerprint density at radius 3 is 1.18 bits per heavy atom. The molecule has 0 unspecified atom stereocenters. The molecule has 2 aromatic heterocycles. The van der Waals surface area contributed by atoms with Crippen molar-refractivity contribution in [2.45, 2.75) is 0 Å². The van der Waals surface area contributed by atoms with Gasteiger partial charge < -0.3 is 0 Å². The smallest absolute Gasteiger partial charge is 0.164 e. The van der Waals surface area contributed by atoms with Gasteiger partial charge in [-0.3, -0.25) is 0 Å². The van der Waals surface area contributed by atoms with Gasteiger partial charge in [-0.1, -0.05) is 176 Å². The Morgan fingerprint density at radius 1 is 0.236 bits per heavy atom. The van der Waals surface area contributed by atoms with Gasteiger partial charge in [0, 0.05) is 36.9 Å². The van der Waals surface area contributed by atoms with E-state index >= 15 is 0 Å². The second kappa shape index (κ2) is 14.1. The third-order valence-corrected chi connectivity index (χ3v) is 11.3. The van der Waals surface area contributed by atoms with Gasteiger partial charge in [0.25, 0.3) is 0 Å². The standard InChI is InChI=1S/C51H33N3S/c1-3-11-34(12-4-1)36-21-23-38(24-22-36)40-15-9-17-43(31-40)50-52-49(39-27-25-37(26-28-39)35-13-5-2-6-14-35)53-51(54-50)44-18-10-16-41(32-44)42-29-30-46-45-19-7-8-20-47(45)55-48(46)33-42/h1-33H. The predicted molar refractivity (Wildman–Crippen MR) is 231 cm³/mol. The van der Waals surface area contributed by atoms with Crippen LogP contribution in [0, 0.1) is 0 Å². The Labute approximate surface area is 323 Å². The van der Waals surface area contributed by atoms with Crippen molar-refractivity contribution in [3.8, 4) is 78.7 Å². The van der Waals surface area contributed by atoms with Gasteiger partial charge in [-0.25, -0.2) is 15.0 Å². The van der Waals surface area contributed by atoms with Gasteiger partial charge >= 0.3 is 0 Å². The molecule has 0 saturated carbocycles. The third kappa shape index (κ3) is 6.50. The lowest BCUT2D eigenvalue weighted by Crippen LogP contribution is -2.00. The first kappa shape index (κ1) is 32.6. The summed E-state index contributed by atoms with van der Waals surface area (Å²) in [7, 11) is 0. The van der Waals surface area contributed by atoms with Gasteiger partial charge in [0.15, 0.2) is 17.5 Å². The number of fused-ring (bicyclic) bond motifs is 3. The molecule has 0 aliphatic carbocycles. The highest BCUT2D eigenvalue weighted by Crippen LogP contribution is 2.37. The van der Waals surface area contributed by atoms with Crippen molar-refractivity contribution in [1.82, 2.24) is 15.0 Å². The summed E-state index contributed by atoms with van der Waals surface area (Å²) < 4.78 is 2.58. The van der Waals surface area contributed by atoms with Crippen molar-refractivity contribution in [3.05, 3.63) is 200 Å². The molecule has 2 heterocycles. The van der Waals surface area contributed by atoms with E-state index in [1.165, 1.54) is 36.9 Å². The molecule has 0 N–H and O–H groups in total. The molecule has 55 heavy (non-hydrogen) atoms. The first-order valence-corrected chi connectivity index (χ1v) is 19.2. The molecule has 0 atom stereocenters. The topological polar surface area (TPSA) is 38.7 Å². The highest BCUT2D eigenvalue weighted by molar-refractivity contribution is 7.25. The van der Waals surface area contributed by atoms with Crippen LogP contribution in [0.15, 0.2) is 200 Å². The maximum atomic E-state index is 5.15. The van der Waals surface area contributed by atoms with Crippen molar-refractivity contribution in [1.29, 1.82) is 0 Å². The summed E-state index contributed by atoms with van der Waals surface area (Å²) in [5.41, 5.74) is 12.0. The Kier molecular flexibility index (Phi) is 8.36. The highest BCUT2D eigenvalue weighted by Gasteiger charge is 2.15. The number of benzene rings is 8. The van der Waals surface area contributed by atoms with Crippen LogP contribution in [0.5, 0.6) is 0 Å². The van der Waals surface area contributed by atoms with E-state index in [0.29, 0.717) is 17.5 Å². The van der Waals surface area contributed by atoms with Crippen molar-refractivity contribution in [2.75, 3.05) is 0 Å². The Bertz CT molecular complexity index is 2950. The molecule has 0 saturated heterocycles. The molecule has 10 aromatic rings. The minimum Gasteiger partial charge on any atom is -0.208 e. The van der Waals surface area contributed by atoms with Crippen LogP contribution in [0.4, 0.5) is 0 Å². The van der Waals surface area contributed by atoms with Crippen LogP contribution in [0.3, 0.4) is 0 Å². The lowest BCUT2D eigenvalue weighted by Gasteiger charge is -2.11. The lowest BCUT2D eigenvalue weighted by atomic mass is 9.99. The molecule has 0 bridgehead atoms. The summed E-state index contributed by atoms with van der Waals surface area (Å²) >= 11 is 1.84. The van der Waals surface area contributed by atoms with Gasteiger partial charge in [-0.05, 0) is 68.8 Å². The third-order valence-electron chi connectivity index (χ3n) is 10.2. The van der Waals surface area contributed by atoms with E-state index in [1.54, 1.807) is 0 Å². The van der Waals surface area contributed by atoms with E-state index in [9.17, 15) is 0 Å². The number of aromatic nitrogens is 3. The minimum atomic E-state index is 0.631. The Balaban J connectivity index is 1.05. The van der Waals surface area contributed by atoms with Crippen molar-refractivity contribution >= 4 is 31.5 Å². The highest BCUT2D eigenvalue weighted by atomic mass is 32.1. The average molecular weight is 720 g/mol. The predicted octanol–water partition coefficient (Wildman–Crippen LogP) is 13.9. The molecule has 0 radical (unpaired) electrons. The van der Waals surface area contributed by atoms with Crippen LogP contribution in [-0.2, 0) is 0 Å². The largest absolute Gasteiger partial charge is 0.208 e. The fourth-order valence-corrected chi connectivity index (χ4v) is 8.42. The lowest BCUT2D eigenvalue weighted by molar-refractivity contribution is 1.07. The van der Waals surface area contributed by atoms with E-state index in [1.807, 2.05) is 23.5 Å². The van der Waals surface area contributed by atoms with Crippen molar-refractivity contribution in [2.24, 2.45) is 0 Å². The van der Waals surface area contributed by atoms with Gasteiger partial charge in [-0.15, -0.1) is 11.3 Å². The van der Waals surface area contributed by atoms with Crippen LogP contribution in [0.25, 0.3) is 98.8 Å². The fourth-order valence-electron chi connectivity index (χ4n) is 7.27. The minimum absolute atomic E-state index is 0.631. The molecule has 3 nitrogen and oxygen atoms in total. The monoisotopic (exact) mass is 719 g/mol. The Hall–Kier alpha value is -7.01. The van der Waals surface area contributed by atoms with Crippen LogP contribution in [0.2, 0.25) is 0 Å². The van der Waals surface area contributed by atoms with Crippen LogP contribution in [-0.4, -0.2) is 15.0 Å². The molecule has 258 valence electrons. The molecule has 0 amide bonds. The fraction of sp³-hybridized carbons (Fsp3) is 0. The first-order valence-electron chi connectivity index (χ1n) is 18.4. The van der Waals surface area contributed by atoms with Crippen molar-refractivity contribution < 1.29 is 0 Å². The maximum Gasteiger partial charge on any atom is 0.164 e. The van der Waals surface area contributed by atoms with E-state index < -0.39 is 0 Å². The zero-order valence-corrected chi connectivity index (χ0v) is 30.6. The zero-order valence-electron chi connectivity index (χ0n) is 29.8. The van der Waals surface area contributed by atoms with Crippen LogP contribution >= 0.6 is 11.3 Å². The molecule has 0 aliphatic heterocycles. The Morgan fingerprint density at radius 2 is 0.600 bits per heavy atom. The summed E-state index contributed by atoms with van der Waals surface area (Å²) in [6, 6.07) is 70.5. The van der Waals surface area contributed by atoms with Crippen molar-refractivity contribution in [3.63, 3.8) is 0 Å². The number of thiophene rings is 1. The van der Waals surface area contributed by atoms with Crippen LogP contribution < -0.4 is 0 Å². The molecule has 0 fully saturated rings. The second-order valence-electron chi connectivity index (χ2n) is 13.7. The number of hydrogen-bond donors (Lipinski definition) is 0. The number of nitrogens with zero attached hydrogens (tertiary/aromatic N) is 3. The maximum absolute atomic E-state index is 5.15. The summed E-state index contributed by atoms with van der Waals surface area (Å²) in [6.45, 7) is 0. The van der Waals surface area contributed by atoms with E-state index in [0.717, 1.165) is 44.5 Å². The second-order valence-corrected chi connectivity index (χ2v) is 14.7. The molecule has 4 heteroatoms. The SMILES string of the molecule is c1ccc(-c2ccc(-c3cccc(-c4nc(-c5ccc(-c6ccccc6)cc5)nc(-c5cccc(-c6ccc7c(c6)sc6ccccc67)c5)n4)c3)cc2)cc1. The molecule has 0 aliphatic rings. The van der Waals surface area contributed by atoms with E-state index in [2.05, 4.69) is 188 Å².